The van der Waals surface area contributed by atoms with E-state index in [4.69, 9.17) is 17.0 Å². The van der Waals surface area contributed by atoms with Crippen LogP contribution in [0.1, 0.15) is 25.0 Å². The van der Waals surface area contributed by atoms with E-state index in [1.54, 1.807) is 0 Å². The van der Waals surface area contributed by atoms with Gasteiger partial charge in [0, 0.05) is 12.1 Å². The number of thiocarbonyl (C=S) groups is 1. The first-order chi connectivity index (χ1) is 11.2. The summed E-state index contributed by atoms with van der Waals surface area (Å²) in [5, 5.41) is 7.82. The van der Waals surface area contributed by atoms with Crippen molar-refractivity contribution in [2.45, 2.75) is 20.5 Å². The second-order valence-electron chi connectivity index (χ2n) is 4.94. The molecule has 2 rings (SSSR count). The predicted molar refractivity (Wildman–Crippen MR) is 98.8 cm³/mol. The van der Waals surface area contributed by atoms with Gasteiger partial charge in [-0.15, -0.1) is 0 Å². The van der Waals surface area contributed by atoms with Crippen molar-refractivity contribution in [3.05, 3.63) is 65.7 Å². The topological polar surface area (TPSA) is 45.7 Å². The average molecular weight is 327 g/mol. The zero-order valence-electron chi connectivity index (χ0n) is 13.4. The molecule has 2 aromatic rings. The van der Waals surface area contributed by atoms with E-state index in [2.05, 4.69) is 15.8 Å². The summed E-state index contributed by atoms with van der Waals surface area (Å²) in [6.45, 7) is 5.19. The molecule has 2 N–H and O–H groups in total. The lowest BCUT2D eigenvalue weighted by molar-refractivity contribution is 0.305. The standard InChI is InChI=1S/C18H21N3OS/c1-3-19-18(23)21-20-14(2)16-11-7-8-12-17(16)22-13-15-9-5-4-6-10-15/h4-12H,3,13H2,1-2H3,(H2,19,21,23)/b20-14-. The summed E-state index contributed by atoms with van der Waals surface area (Å²) in [4.78, 5) is 0. The highest BCUT2D eigenvalue weighted by Gasteiger charge is 2.07. The Bertz CT molecular complexity index is 671. The van der Waals surface area contributed by atoms with Crippen LogP contribution in [-0.2, 0) is 6.61 Å². The van der Waals surface area contributed by atoms with Crippen molar-refractivity contribution in [2.75, 3.05) is 6.54 Å². The molecule has 0 radical (unpaired) electrons. The van der Waals surface area contributed by atoms with Crippen molar-refractivity contribution >= 4 is 23.0 Å². The maximum Gasteiger partial charge on any atom is 0.186 e. The largest absolute Gasteiger partial charge is 0.488 e. The van der Waals surface area contributed by atoms with Crippen molar-refractivity contribution in [1.82, 2.24) is 10.7 Å². The normalized spacial score (nSPS) is 11.0. The van der Waals surface area contributed by atoms with Gasteiger partial charge in [0.2, 0.25) is 0 Å². The van der Waals surface area contributed by atoms with E-state index < -0.39 is 0 Å². The Balaban J connectivity index is 2.07. The molecular formula is C18H21N3OS. The molecule has 0 amide bonds. The van der Waals surface area contributed by atoms with Gasteiger partial charge in [-0.2, -0.15) is 5.10 Å². The molecule has 0 saturated carbocycles. The zero-order chi connectivity index (χ0) is 16.5. The van der Waals surface area contributed by atoms with Crippen molar-refractivity contribution in [2.24, 2.45) is 5.10 Å². The Hall–Kier alpha value is -2.40. The van der Waals surface area contributed by atoms with Gasteiger partial charge in [-0.3, -0.25) is 5.43 Å². The third kappa shape index (κ3) is 5.38. The van der Waals surface area contributed by atoms with Crippen molar-refractivity contribution in [3.8, 4) is 5.75 Å². The Labute approximate surface area is 142 Å². The summed E-state index contributed by atoms with van der Waals surface area (Å²) in [6, 6.07) is 17.9. The van der Waals surface area contributed by atoms with Gasteiger partial charge in [0.15, 0.2) is 5.11 Å². The summed E-state index contributed by atoms with van der Waals surface area (Å²) in [6.07, 6.45) is 0. The molecule has 0 aliphatic heterocycles. The number of rotatable bonds is 6. The van der Waals surface area contributed by atoms with Crippen LogP contribution in [-0.4, -0.2) is 17.4 Å². The second kappa shape index (κ2) is 8.90. The van der Waals surface area contributed by atoms with E-state index in [-0.39, 0.29) is 0 Å². The van der Waals surface area contributed by atoms with E-state index >= 15 is 0 Å². The van der Waals surface area contributed by atoms with Crippen molar-refractivity contribution in [3.63, 3.8) is 0 Å². The Kier molecular flexibility index (Phi) is 6.56. The van der Waals surface area contributed by atoms with Gasteiger partial charge in [0.1, 0.15) is 12.4 Å². The smallest absolute Gasteiger partial charge is 0.186 e. The molecule has 23 heavy (non-hydrogen) atoms. The zero-order valence-corrected chi connectivity index (χ0v) is 14.2. The molecule has 0 heterocycles. The molecule has 4 nitrogen and oxygen atoms in total. The minimum absolute atomic E-state index is 0.509. The first-order valence-corrected chi connectivity index (χ1v) is 7.95. The van der Waals surface area contributed by atoms with Gasteiger partial charge >= 0.3 is 0 Å². The highest BCUT2D eigenvalue weighted by atomic mass is 32.1. The van der Waals surface area contributed by atoms with Crippen LogP contribution in [0.15, 0.2) is 59.7 Å². The van der Waals surface area contributed by atoms with E-state index in [0.29, 0.717) is 11.7 Å². The van der Waals surface area contributed by atoms with E-state index in [0.717, 1.165) is 29.1 Å². The van der Waals surface area contributed by atoms with Gasteiger partial charge in [-0.05, 0) is 43.8 Å². The fraction of sp³-hybridized carbons (Fsp3) is 0.222. The van der Waals surface area contributed by atoms with Gasteiger partial charge < -0.3 is 10.1 Å². The fourth-order valence-electron chi connectivity index (χ4n) is 2.02. The molecule has 0 atom stereocenters. The lowest BCUT2D eigenvalue weighted by Gasteiger charge is -2.12. The maximum atomic E-state index is 5.94. The number of benzene rings is 2. The average Bonchev–Trinajstić information content (AvgIpc) is 2.59. The van der Waals surface area contributed by atoms with Crippen LogP contribution >= 0.6 is 12.2 Å². The molecule has 0 fully saturated rings. The van der Waals surface area contributed by atoms with E-state index in [1.807, 2.05) is 68.4 Å². The summed E-state index contributed by atoms with van der Waals surface area (Å²) in [5.41, 5.74) is 5.72. The SMILES string of the molecule is CCNC(=S)N/N=C(/C)c1ccccc1OCc1ccccc1. The van der Waals surface area contributed by atoms with Crippen LogP contribution in [0.4, 0.5) is 0 Å². The van der Waals surface area contributed by atoms with E-state index in [1.165, 1.54) is 0 Å². The van der Waals surface area contributed by atoms with Crippen LogP contribution < -0.4 is 15.5 Å². The van der Waals surface area contributed by atoms with Gasteiger partial charge in [0.05, 0.1) is 5.71 Å². The number of hydrogen-bond donors (Lipinski definition) is 2. The molecular weight excluding hydrogens is 306 g/mol. The highest BCUT2D eigenvalue weighted by Crippen LogP contribution is 2.20. The minimum Gasteiger partial charge on any atom is -0.488 e. The third-order valence-corrected chi connectivity index (χ3v) is 3.41. The number of nitrogens with one attached hydrogen (secondary N) is 2. The van der Waals surface area contributed by atoms with Crippen LogP contribution in [0.2, 0.25) is 0 Å². The predicted octanol–water partition coefficient (Wildman–Crippen LogP) is 3.47. The quantitative estimate of drug-likeness (QED) is 0.484. The molecule has 0 bridgehead atoms. The first kappa shape index (κ1) is 17.0. The molecule has 0 aliphatic carbocycles. The van der Waals surface area contributed by atoms with Crippen molar-refractivity contribution in [1.29, 1.82) is 0 Å². The van der Waals surface area contributed by atoms with Crippen LogP contribution in [0.25, 0.3) is 0 Å². The minimum atomic E-state index is 0.509. The van der Waals surface area contributed by atoms with Gasteiger partial charge in [-0.1, -0.05) is 42.5 Å². The lowest BCUT2D eigenvalue weighted by Crippen LogP contribution is -2.32. The first-order valence-electron chi connectivity index (χ1n) is 7.55. The summed E-state index contributed by atoms with van der Waals surface area (Å²) >= 11 is 5.11. The summed E-state index contributed by atoms with van der Waals surface area (Å²) in [5.74, 6) is 0.800. The Morgan fingerprint density at radius 1 is 1.09 bits per heavy atom. The fourth-order valence-corrected chi connectivity index (χ4v) is 2.21. The van der Waals surface area contributed by atoms with Crippen LogP contribution in [0.5, 0.6) is 5.75 Å². The highest BCUT2D eigenvalue weighted by molar-refractivity contribution is 7.80. The number of hydrogen-bond acceptors (Lipinski definition) is 3. The lowest BCUT2D eigenvalue weighted by atomic mass is 10.1. The number of ether oxygens (including phenoxy) is 1. The monoisotopic (exact) mass is 327 g/mol. The van der Waals surface area contributed by atoms with Gasteiger partial charge in [-0.25, -0.2) is 0 Å². The molecule has 120 valence electrons. The molecule has 5 heteroatoms. The number of para-hydroxylation sites is 1. The molecule has 0 saturated heterocycles. The third-order valence-electron chi connectivity index (χ3n) is 3.18. The molecule has 0 aromatic heterocycles. The van der Waals surface area contributed by atoms with Crippen LogP contribution in [0.3, 0.4) is 0 Å². The summed E-state index contributed by atoms with van der Waals surface area (Å²) in [7, 11) is 0. The molecule has 0 spiro atoms. The number of nitrogens with zero attached hydrogens (tertiary/aromatic N) is 1. The molecule has 0 aliphatic rings. The number of hydrazone groups is 1. The summed E-state index contributed by atoms with van der Waals surface area (Å²) < 4.78 is 5.94. The van der Waals surface area contributed by atoms with Crippen molar-refractivity contribution < 1.29 is 4.74 Å². The maximum absolute atomic E-state index is 5.94. The molecule has 0 unspecified atom stereocenters. The Morgan fingerprint density at radius 3 is 2.52 bits per heavy atom. The van der Waals surface area contributed by atoms with E-state index in [9.17, 15) is 0 Å². The van der Waals surface area contributed by atoms with Gasteiger partial charge in [0.25, 0.3) is 0 Å². The Morgan fingerprint density at radius 2 is 1.78 bits per heavy atom. The molecule has 2 aromatic carbocycles. The van der Waals surface area contributed by atoms with Crippen LogP contribution in [0, 0.1) is 0 Å². The second-order valence-corrected chi connectivity index (χ2v) is 5.35.